The van der Waals surface area contributed by atoms with Crippen LogP contribution in [-0.4, -0.2) is 67.3 Å². The van der Waals surface area contributed by atoms with Crippen LogP contribution in [0.25, 0.3) is 0 Å². The zero-order valence-corrected chi connectivity index (χ0v) is 28.2. The van der Waals surface area contributed by atoms with Crippen molar-refractivity contribution in [1.82, 2.24) is 10.6 Å². The fourth-order valence-corrected chi connectivity index (χ4v) is 5.79. The number of amides is 2. The Labute approximate surface area is 276 Å². The fourth-order valence-electron chi connectivity index (χ4n) is 5.79. The number of benzene rings is 1. The SMILES string of the molecule is CO[C@H]1/C=C\C=C(/C)C(=O)NC2=CC(=O)C(NCc3cccc(C)c3)=C(C[C@@H](C)C[C@H](OC)[C@H](O)[C@@H](C)/C=C(\C)[C@@H]1OC(N)=O)C2=O. The van der Waals surface area contributed by atoms with Crippen LogP contribution in [0, 0.1) is 18.8 Å². The van der Waals surface area contributed by atoms with Crippen LogP contribution in [0.4, 0.5) is 4.79 Å². The third-order valence-electron chi connectivity index (χ3n) is 8.35. The van der Waals surface area contributed by atoms with Gasteiger partial charge in [0.05, 0.1) is 23.6 Å². The van der Waals surface area contributed by atoms with Crippen LogP contribution in [-0.2, 0) is 35.1 Å². The molecule has 1 aromatic carbocycles. The van der Waals surface area contributed by atoms with Crippen molar-refractivity contribution in [3.8, 4) is 0 Å². The number of fused-ring (bicyclic) bond motifs is 2. The minimum atomic E-state index is -1.000. The van der Waals surface area contributed by atoms with E-state index < -0.39 is 53.9 Å². The van der Waals surface area contributed by atoms with Gasteiger partial charge in [-0.1, -0.05) is 68.0 Å². The Bertz CT molecular complexity index is 1500. The molecule has 2 amide bonds. The molecule has 1 aromatic rings. The predicted molar refractivity (Wildman–Crippen MR) is 178 cm³/mol. The molecule has 11 nitrogen and oxygen atoms in total. The minimum absolute atomic E-state index is 0.126. The summed E-state index contributed by atoms with van der Waals surface area (Å²) in [5.74, 6) is -2.14. The zero-order chi connectivity index (χ0) is 34.8. The molecule has 11 heteroatoms. The highest BCUT2D eigenvalue weighted by Gasteiger charge is 2.33. The molecule has 6 atom stereocenters. The van der Waals surface area contributed by atoms with Crippen LogP contribution in [0.15, 0.2) is 82.8 Å². The molecule has 0 spiro atoms. The van der Waals surface area contributed by atoms with Gasteiger partial charge in [0.1, 0.15) is 6.10 Å². The van der Waals surface area contributed by atoms with E-state index in [1.807, 2.05) is 45.0 Å². The quantitative estimate of drug-likeness (QED) is 0.264. The summed E-state index contributed by atoms with van der Waals surface area (Å²) in [4.78, 5) is 52.3. The summed E-state index contributed by atoms with van der Waals surface area (Å²) in [5, 5.41) is 17.1. The molecular weight excluding hydrogens is 602 g/mol. The number of primary amides is 1. The van der Waals surface area contributed by atoms with Crippen molar-refractivity contribution in [1.29, 1.82) is 0 Å². The van der Waals surface area contributed by atoms with Crippen LogP contribution in [0.1, 0.15) is 51.7 Å². The third kappa shape index (κ3) is 10.1. The first-order valence-corrected chi connectivity index (χ1v) is 15.6. The van der Waals surface area contributed by atoms with Crippen molar-refractivity contribution in [2.75, 3.05) is 14.2 Å². The summed E-state index contributed by atoms with van der Waals surface area (Å²) >= 11 is 0. The Morgan fingerprint density at radius 3 is 2.47 bits per heavy atom. The average molecular weight is 650 g/mol. The minimum Gasteiger partial charge on any atom is -0.439 e. The molecule has 0 aromatic heterocycles. The molecule has 0 saturated carbocycles. The van der Waals surface area contributed by atoms with E-state index in [1.54, 1.807) is 32.1 Å². The van der Waals surface area contributed by atoms with E-state index in [0.29, 0.717) is 18.5 Å². The number of aliphatic hydroxyl groups excluding tert-OH is 1. The number of aryl methyl sites for hydroxylation is 1. The maximum atomic E-state index is 13.9. The standard InChI is InChI=1S/C36H47N3O8/c1-20-10-8-12-25(14-20)19-38-31-26-15-21(2)16-30(46-7)32(41)23(4)17-24(5)34(47-36(37)44)29(45-6)13-9-11-22(3)35(43)39-27(33(26)42)18-28(31)40/h8-14,17-18,21,23,29-30,32,34,38,41H,15-16,19H2,1-7H3,(H2,37,44)(H,39,43)/b13-9-,22-11+,24-17+/t21-,23+,29+,30+,32-,34+/m1/s1. The first kappa shape index (κ1) is 37.1. The maximum Gasteiger partial charge on any atom is 0.405 e. The number of ketones is 2. The van der Waals surface area contributed by atoms with Crippen molar-refractivity contribution in [2.45, 2.75) is 78.4 Å². The van der Waals surface area contributed by atoms with Gasteiger partial charge in [0.25, 0.3) is 5.91 Å². The second kappa shape index (κ2) is 17.0. The van der Waals surface area contributed by atoms with Gasteiger partial charge in [-0.2, -0.15) is 0 Å². The number of hydrogen-bond acceptors (Lipinski definition) is 9. The van der Waals surface area contributed by atoms with E-state index in [-0.39, 0.29) is 34.9 Å². The Kier molecular flexibility index (Phi) is 13.4. The number of nitrogens with one attached hydrogen (secondary N) is 2. The molecule has 2 bridgehead atoms. The number of ether oxygens (including phenoxy) is 3. The Hall–Kier alpha value is -4.32. The van der Waals surface area contributed by atoms with E-state index in [0.717, 1.165) is 17.2 Å². The molecule has 0 unspecified atom stereocenters. The number of hydrogen-bond donors (Lipinski definition) is 4. The van der Waals surface area contributed by atoms with E-state index in [1.165, 1.54) is 20.3 Å². The summed E-state index contributed by atoms with van der Waals surface area (Å²) in [6.45, 7) is 9.32. The maximum absolute atomic E-state index is 13.9. The number of aliphatic hydroxyl groups is 1. The number of nitrogens with two attached hydrogens (primary N) is 1. The smallest absolute Gasteiger partial charge is 0.405 e. The van der Waals surface area contributed by atoms with Gasteiger partial charge in [0, 0.05) is 43.9 Å². The van der Waals surface area contributed by atoms with Crippen molar-refractivity contribution >= 4 is 23.6 Å². The lowest BCUT2D eigenvalue weighted by Crippen LogP contribution is -2.37. The summed E-state index contributed by atoms with van der Waals surface area (Å²) in [6.07, 6.45) is 3.80. The molecule has 1 aliphatic heterocycles. The monoisotopic (exact) mass is 649 g/mol. The lowest BCUT2D eigenvalue weighted by atomic mass is 9.85. The van der Waals surface area contributed by atoms with Crippen molar-refractivity contribution in [3.63, 3.8) is 0 Å². The van der Waals surface area contributed by atoms with Crippen LogP contribution in [0.5, 0.6) is 0 Å². The molecule has 1 aliphatic carbocycles. The van der Waals surface area contributed by atoms with Gasteiger partial charge in [-0.15, -0.1) is 0 Å². The van der Waals surface area contributed by atoms with E-state index in [9.17, 15) is 24.3 Å². The second-order valence-corrected chi connectivity index (χ2v) is 12.3. The lowest BCUT2D eigenvalue weighted by Gasteiger charge is -2.30. The van der Waals surface area contributed by atoms with Crippen LogP contribution in [0.3, 0.4) is 0 Å². The van der Waals surface area contributed by atoms with Crippen molar-refractivity contribution < 1.29 is 38.5 Å². The summed E-state index contributed by atoms with van der Waals surface area (Å²) in [6, 6.07) is 7.82. The Balaban J connectivity index is 2.06. The molecule has 254 valence electrons. The molecule has 1 heterocycles. The van der Waals surface area contributed by atoms with E-state index in [4.69, 9.17) is 19.9 Å². The number of allylic oxidation sites excluding steroid dienone is 4. The molecule has 0 saturated heterocycles. The highest BCUT2D eigenvalue weighted by Crippen LogP contribution is 2.29. The number of Topliss-reactive ketones (excluding diaryl/α,β-unsaturated/α-hetero) is 1. The lowest BCUT2D eigenvalue weighted by molar-refractivity contribution is -0.120. The van der Waals surface area contributed by atoms with Gasteiger partial charge < -0.3 is 35.7 Å². The first-order valence-electron chi connectivity index (χ1n) is 15.6. The average Bonchev–Trinajstić information content (AvgIpc) is 3.01. The van der Waals surface area contributed by atoms with Gasteiger partial charge >= 0.3 is 6.09 Å². The molecule has 47 heavy (non-hydrogen) atoms. The Morgan fingerprint density at radius 1 is 1.11 bits per heavy atom. The van der Waals surface area contributed by atoms with Gasteiger partial charge in [-0.05, 0) is 50.7 Å². The molecule has 3 rings (SSSR count). The number of carbonyl (C=O) groups is 4. The Morgan fingerprint density at radius 2 is 1.83 bits per heavy atom. The van der Waals surface area contributed by atoms with Crippen molar-refractivity contribution in [2.24, 2.45) is 17.6 Å². The van der Waals surface area contributed by atoms with Gasteiger partial charge in [0.15, 0.2) is 6.10 Å². The normalized spacial score (nSPS) is 29.5. The fraction of sp³-hybridized carbons (Fsp3) is 0.444. The topological polar surface area (TPSA) is 166 Å². The molecule has 2 aliphatic rings. The van der Waals surface area contributed by atoms with Gasteiger partial charge in [0.2, 0.25) is 11.6 Å². The predicted octanol–water partition coefficient (Wildman–Crippen LogP) is 3.86. The molecule has 0 fully saturated rings. The number of rotatable bonds is 6. The van der Waals surface area contributed by atoms with E-state index in [2.05, 4.69) is 10.6 Å². The highest BCUT2D eigenvalue weighted by molar-refractivity contribution is 6.23. The zero-order valence-electron chi connectivity index (χ0n) is 28.2. The van der Waals surface area contributed by atoms with Crippen LogP contribution >= 0.6 is 0 Å². The summed E-state index contributed by atoms with van der Waals surface area (Å²) in [7, 11) is 2.94. The highest BCUT2D eigenvalue weighted by atomic mass is 16.6. The first-order chi connectivity index (χ1) is 22.2. The van der Waals surface area contributed by atoms with Crippen LogP contribution in [0.2, 0.25) is 0 Å². The van der Waals surface area contributed by atoms with E-state index >= 15 is 0 Å². The second-order valence-electron chi connectivity index (χ2n) is 12.3. The summed E-state index contributed by atoms with van der Waals surface area (Å²) in [5.41, 5.74) is 8.51. The van der Waals surface area contributed by atoms with Crippen molar-refractivity contribution in [3.05, 3.63) is 93.9 Å². The molecule has 0 radical (unpaired) electrons. The van der Waals surface area contributed by atoms with Gasteiger partial charge in [-0.25, -0.2) is 4.79 Å². The van der Waals surface area contributed by atoms with Gasteiger partial charge in [-0.3, -0.25) is 14.4 Å². The third-order valence-corrected chi connectivity index (χ3v) is 8.35. The summed E-state index contributed by atoms with van der Waals surface area (Å²) < 4.78 is 16.7. The van der Waals surface area contributed by atoms with Crippen LogP contribution < -0.4 is 16.4 Å². The number of carbonyl (C=O) groups excluding carboxylic acids is 4. The largest absolute Gasteiger partial charge is 0.439 e. The number of methoxy groups -OCH3 is 2. The molecular formula is C36H47N3O8. The molecule has 5 N–H and O–H groups in total.